The zero-order valence-electron chi connectivity index (χ0n) is 14.1. The largest absolute Gasteiger partial charge is 0.465 e. The minimum absolute atomic E-state index is 0.0662. The van der Waals surface area contributed by atoms with Crippen LogP contribution in [0.5, 0.6) is 0 Å². The molecule has 0 saturated heterocycles. The number of aliphatic hydroxyl groups excluding tert-OH is 1. The zero-order chi connectivity index (χ0) is 17.6. The lowest BCUT2D eigenvalue weighted by molar-refractivity contribution is 0.0601. The summed E-state index contributed by atoms with van der Waals surface area (Å²) in [6, 6.07) is 5.38. The predicted octanol–water partition coefficient (Wildman–Crippen LogP) is 1.07. The van der Waals surface area contributed by atoms with Crippen molar-refractivity contribution in [2.75, 3.05) is 18.6 Å². The van der Waals surface area contributed by atoms with Crippen molar-refractivity contribution in [2.45, 2.75) is 19.6 Å². The van der Waals surface area contributed by atoms with Gasteiger partial charge in [0.05, 0.1) is 55.3 Å². The Bertz CT molecular complexity index is 959. The number of nitrogens with zero attached hydrogens (tertiary/aromatic N) is 5. The number of aryl methyl sites for hydroxylation is 1. The van der Waals surface area contributed by atoms with E-state index in [4.69, 9.17) is 14.8 Å². The maximum atomic E-state index is 11.7. The number of carbonyl (C=O) groups excluding carboxylic acids is 1. The number of aliphatic hydroxyl groups is 1. The fourth-order valence-corrected chi connectivity index (χ4v) is 3.35. The van der Waals surface area contributed by atoms with Crippen LogP contribution in [0.2, 0.25) is 0 Å². The Morgan fingerprint density at radius 2 is 2.20 bits per heavy atom. The van der Waals surface area contributed by atoms with Gasteiger partial charge in [0.1, 0.15) is 0 Å². The number of hydrogen-bond donors (Lipinski definition) is 1. The SMILES string of the molecule is COC(=O)c1ccc2c(c1)nc(N1Cc3cnn(CCO)c3C1)n2C. The van der Waals surface area contributed by atoms with Gasteiger partial charge in [-0.05, 0) is 18.2 Å². The molecule has 3 heterocycles. The average Bonchev–Trinajstić information content (AvgIpc) is 3.28. The van der Waals surface area contributed by atoms with Gasteiger partial charge in [-0.25, -0.2) is 9.78 Å². The van der Waals surface area contributed by atoms with Gasteiger partial charge >= 0.3 is 5.97 Å². The van der Waals surface area contributed by atoms with Crippen molar-refractivity contribution in [1.82, 2.24) is 19.3 Å². The molecule has 0 fully saturated rings. The van der Waals surface area contributed by atoms with E-state index in [1.807, 2.05) is 28.6 Å². The monoisotopic (exact) mass is 341 g/mol. The van der Waals surface area contributed by atoms with Gasteiger partial charge in [0.15, 0.2) is 0 Å². The highest BCUT2D eigenvalue weighted by molar-refractivity contribution is 5.94. The smallest absolute Gasteiger partial charge is 0.337 e. The molecule has 0 saturated carbocycles. The molecule has 0 unspecified atom stereocenters. The number of carbonyl (C=O) groups is 1. The molecule has 8 heteroatoms. The van der Waals surface area contributed by atoms with Crippen molar-refractivity contribution < 1.29 is 14.6 Å². The van der Waals surface area contributed by atoms with Gasteiger partial charge in [0.2, 0.25) is 5.95 Å². The molecule has 0 aliphatic carbocycles. The summed E-state index contributed by atoms with van der Waals surface area (Å²) in [5.41, 5.74) is 4.46. The molecule has 2 aromatic heterocycles. The Kier molecular flexibility index (Phi) is 3.69. The van der Waals surface area contributed by atoms with Crippen LogP contribution in [0, 0.1) is 0 Å². The first-order valence-corrected chi connectivity index (χ1v) is 8.06. The summed E-state index contributed by atoms with van der Waals surface area (Å²) < 4.78 is 8.64. The van der Waals surface area contributed by atoms with Gasteiger partial charge in [-0.3, -0.25) is 4.68 Å². The van der Waals surface area contributed by atoms with Crippen molar-refractivity contribution >= 4 is 23.0 Å². The third-order valence-corrected chi connectivity index (χ3v) is 4.61. The number of anilines is 1. The highest BCUT2D eigenvalue weighted by atomic mass is 16.5. The van der Waals surface area contributed by atoms with Crippen LogP contribution in [0.3, 0.4) is 0 Å². The van der Waals surface area contributed by atoms with Gasteiger partial charge in [0.25, 0.3) is 0 Å². The van der Waals surface area contributed by atoms with Crippen LogP contribution in [0.4, 0.5) is 5.95 Å². The summed E-state index contributed by atoms with van der Waals surface area (Å²) in [6.45, 7) is 1.98. The normalized spacial score (nSPS) is 13.5. The van der Waals surface area contributed by atoms with E-state index < -0.39 is 0 Å². The van der Waals surface area contributed by atoms with Gasteiger partial charge in [-0.15, -0.1) is 0 Å². The van der Waals surface area contributed by atoms with Crippen LogP contribution in [0.1, 0.15) is 21.6 Å². The van der Waals surface area contributed by atoms with Crippen molar-refractivity contribution in [3.8, 4) is 0 Å². The third kappa shape index (κ3) is 2.45. The summed E-state index contributed by atoms with van der Waals surface area (Å²) in [4.78, 5) is 18.6. The van der Waals surface area contributed by atoms with E-state index in [0.717, 1.165) is 34.8 Å². The molecular weight excluding hydrogens is 322 g/mol. The maximum absolute atomic E-state index is 11.7. The number of ether oxygens (including phenoxy) is 1. The van der Waals surface area contributed by atoms with Gasteiger partial charge in [-0.2, -0.15) is 5.10 Å². The molecule has 130 valence electrons. The number of aromatic nitrogens is 4. The molecule has 8 nitrogen and oxygen atoms in total. The molecule has 0 amide bonds. The summed E-state index contributed by atoms with van der Waals surface area (Å²) in [5, 5.41) is 13.5. The standard InChI is InChI=1S/C17H19N5O3/c1-20-14-4-3-11(16(24)25-2)7-13(14)19-17(20)21-9-12-8-18-22(5-6-23)15(12)10-21/h3-4,7-8,23H,5-6,9-10H2,1-2H3. The minimum Gasteiger partial charge on any atom is -0.465 e. The first-order chi connectivity index (χ1) is 12.1. The molecule has 0 atom stereocenters. The predicted molar refractivity (Wildman–Crippen MR) is 91.3 cm³/mol. The summed E-state index contributed by atoms with van der Waals surface area (Å²) >= 11 is 0. The number of imidazole rings is 1. The Morgan fingerprint density at radius 1 is 1.36 bits per heavy atom. The zero-order valence-corrected chi connectivity index (χ0v) is 14.1. The lowest BCUT2D eigenvalue weighted by Gasteiger charge is -2.17. The Balaban J connectivity index is 1.68. The average molecular weight is 341 g/mol. The number of fused-ring (bicyclic) bond motifs is 2. The van der Waals surface area contributed by atoms with Gasteiger partial charge in [-0.1, -0.05) is 0 Å². The number of methoxy groups -OCH3 is 1. The molecule has 0 bridgehead atoms. The van der Waals surface area contributed by atoms with Gasteiger partial charge in [0, 0.05) is 19.2 Å². The van der Waals surface area contributed by atoms with Crippen molar-refractivity contribution in [3.05, 3.63) is 41.2 Å². The topological polar surface area (TPSA) is 85.4 Å². The van der Waals surface area contributed by atoms with Crippen LogP contribution >= 0.6 is 0 Å². The number of hydrogen-bond acceptors (Lipinski definition) is 6. The van der Waals surface area contributed by atoms with Gasteiger partial charge < -0.3 is 19.3 Å². The summed E-state index contributed by atoms with van der Waals surface area (Å²) in [5.74, 6) is 0.468. The maximum Gasteiger partial charge on any atom is 0.337 e. The number of rotatable bonds is 4. The van der Waals surface area contributed by atoms with E-state index in [1.54, 1.807) is 12.1 Å². The van der Waals surface area contributed by atoms with Crippen LogP contribution < -0.4 is 4.90 Å². The first kappa shape index (κ1) is 15.6. The van der Waals surface area contributed by atoms with Crippen LogP contribution in [-0.2, 0) is 31.4 Å². The molecule has 3 aromatic rings. The molecule has 4 rings (SSSR count). The van der Waals surface area contributed by atoms with E-state index in [9.17, 15) is 4.79 Å². The second-order valence-electron chi connectivity index (χ2n) is 6.09. The van der Waals surface area contributed by atoms with E-state index in [2.05, 4.69) is 10.00 Å². The molecule has 1 aliphatic rings. The fourth-order valence-electron chi connectivity index (χ4n) is 3.35. The number of benzene rings is 1. The van der Waals surface area contributed by atoms with Crippen molar-refractivity contribution in [3.63, 3.8) is 0 Å². The molecule has 1 N–H and O–H groups in total. The minimum atomic E-state index is -0.369. The van der Waals surface area contributed by atoms with Crippen molar-refractivity contribution in [2.24, 2.45) is 7.05 Å². The summed E-state index contributed by atoms with van der Waals surface area (Å²) in [7, 11) is 3.33. The lowest BCUT2D eigenvalue weighted by atomic mass is 10.2. The second kappa shape index (κ2) is 5.89. The van der Waals surface area contributed by atoms with E-state index in [-0.39, 0.29) is 12.6 Å². The molecule has 0 radical (unpaired) electrons. The molecule has 1 aromatic carbocycles. The first-order valence-electron chi connectivity index (χ1n) is 8.06. The molecular formula is C17H19N5O3. The van der Waals surface area contributed by atoms with Crippen LogP contribution in [0.15, 0.2) is 24.4 Å². The molecule has 25 heavy (non-hydrogen) atoms. The third-order valence-electron chi connectivity index (χ3n) is 4.61. The molecule has 1 aliphatic heterocycles. The van der Waals surface area contributed by atoms with Crippen LogP contribution in [-0.4, -0.2) is 44.1 Å². The summed E-state index contributed by atoms with van der Waals surface area (Å²) in [6.07, 6.45) is 1.85. The van der Waals surface area contributed by atoms with E-state index >= 15 is 0 Å². The van der Waals surface area contributed by atoms with E-state index in [1.165, 1.54) is 7.11 Å². The van der Waals surface area contributed by atoms with E-state index in [0.29, 0.717) is 18.7 Å². The highest BCUT2D eigenvalue weighted by Gasteiger charge is 2.27. The Hall–Kier alpha value is -2.87. The molecule has 0 spiro atoms. The quantitative estimate of drug-likeness (QED) is 0.715. The second-order valence-corrected chi connectivity index (χ2v) is 6.09. The van der Waals surface area contributed by atoms with Crippen molar-refractivity contribution in [1.29, 1.82) is 0 Å². The Labute approximate surface area is 144 Å². The lowest BCUT2D eigenvalue weighted by Crippen LogP contribution is -2.20. The number of esters is 1. The fraction of sp³-hybridized carbons (Fsp3) is 0.353. The van der Waals surface area contributed by atoms with Crippen LogP contribution in [0.25, 0.3) is 11.0 Å². The Morgan fingerprint density at radius 3 is 2.96 bits per heavy atom. The highest BCUT2D eigenvalue weighted by Crippen LogP contribution is 2.30.